The fourth-order valence-electron chi connectivity index (χ4n) is 2.52. The van der Waals surface area contributed by atoms with E-state index in [1.165, 1.54) is 0 Å². The molecule has 1 aromatic rings. The maximum Gasteiger partial charge on any atom is 0.248 e. The zero-order valence-electron chi connectivity index (χ0n) is 9.38. The lowest BCUT2D eigenvalue weighted by Crippen LogP contribution is -2.32. The van der Waals surface area contributed by atoms with Gasteiger partial charge in [0.05, 0.1) is 12.5 Å². The first-order valence-electron chi connectivity index (χ1n) is 5.69. The van der Waals surface area contributed by atoms with Gasteiger partial charge in [-0.15, -0.1) is 0 Å². The Balaban J connectivity index is 2.02. The lowest BCUT2D eigenvalue weighted by atomic mass is 9.80. The molecule has 0 aliphatic heterocycles. The van der Waals surface area contributed by atoms with Crippen molar-refractivity contribution in [2.45, 2.75) is 37.6 Å². The minimum absolute atomic E-state index is 0.00764. The Morgan fingerprint density at radius 2 is 2.12 bits per heavy atom. The highest BCUT2D eigenvalue weighted by atomic mass is 19.3. The molecule has 1 saturated carbocycles. The van der Waals surface area contributed by atoms with E-state index < -0.39 is 5.92 Å². The number of rotatable bonds is 3. The second kappa shape index (κ2) is 4.53. The highest BCUT2D eigenvalue weighted by molar-refractivity contribution is 5.13. The lowest BCUT2D eigenvalue weighted by molar-refractivity contribution is -0.0495. The number of hydrogen-bond acceptors (Lipinski definition) is 2. The van der Waals surface area contributed by atoms with Gasteiger partial charge in [-0.05, 0) is 31.9 Å². The summed E-state index contributed by atoms with van der Waals surface area (Å²) in [5.74, 6) is -2.17. The molecule has 2 nitrogen and oxygen atoms in total. The molecule has 1 unspecified atom stereocenters. The van der Waals surface area contributed by atoms with Crippen LogP contribution in [0.25, 0.3) is 0 Å². The lowest BCUT2D eigenvalue weighted by Gasteiger charge is -2.33. The van der Waals surface area contributed by atoms with E-state index in [1.54, 1.807) is 12.5 Å². The largest absolute Gasteiger partial charge is 0.472 e. The van der Waals surface area contributed by atoms with Crippen molar-refractivity contribution in [3.8, 4) is 0 Å². The molecule has 90 valence electrons. The second-order valence-corrected chi connectivity index (χ2v) is 4.52. The van der Waals surface area contributed by atoms with Crippen molar-refractivity contribution in [2.75, 3.05) is 7.05 Å². The van der Waals surface area contributed by atoms with Crippen molar-refractivity contribution in [1.29, 1.82) is 0 Å². The molecule has 0 amide bonds. The molecule has 2 rings (SSSR count). The first kappa shape index (κ1) is 11.6. The van der Waals surface area contributed by atoms with Gasteiger partial charge in [0.15, 0.2) is 0 Å². The van der Waals surface area contributed by atoms with Crippen LogP contribution in [0.15, 0.2) is 23.0 Å². The Morgan fingerprint density at radius 1 is 1.44 bits per heavy atom. The van der Waals surface area contributed by atoms with Crippen molar-refractivity contribution >= 4 is 0 Å². The van der Waals surface area contributed by atoms with Crippen LogP contribution < -0.4 is 5.32 Å². The Hall–Kier alpha value is -0.900. The predicted molar refractivity (Wildman–Crippen MR) is 57.4 cm³/mol. The van der Waals surface area contributed by atoms with Crippen molar-refractivity contribution in [3.63, 3.8) is 0 Å². The quantitative estimate of drug-likeness (QED) is 0.859. The smallest absolute Gasteiger partial charge is 0.248 e. The Morgan fingerprint density at radius 3 is 2.62 bits per heavy atom. The molecule has 1 aromatic heterocycles. The summed E-state index contributed by atoms with van der Waals surface area (Å²) in [7, 11) is 1.87. The van der Waals surface area contributed by atoms with Crippen LogP contribution in [0.2, 0.25) is 0 Å². The van der Waals surface area contributed by atoms with Crippen molar-refractivity contribution in [3.05, 3.63) is 24.2 Å². The van der Waals surface area contributed by atoms with Crippen molar-refractivity contribution < 1.29 is 13.2 Å². The SMILES string of the molecule is CNC(c1ccoc1)C1CCC(F)(F)CC1. The third kappa shape index (κ3) is 2.43. The van der Waals surface area contributed by atoms with Gasteiger partial charge >= 0.3 is 0 Å². The number of halogens is 2. The summed E-state index contributed by atoms with van der Waals surface area (Å²) in [5, 5.41) is 3.20. The molecule has 0 bridgehead atoms. The van der Waals surface area contributed by atoms with Crippen LogP contribution in [-0.2, 0) is 0 Å². The topological polar surface area (TPSA) is 25.2 Å². The molecule has 1 fully saturated rings. The van der Waals surface area contributed by atoms with Crippen molar-refractivity contribution in [1.82, 2.24) is 5.32 Å². The summed E-state index contributed by atoms with van der Waals surface area (Å²) in [6.07, 6.45) is 4.47. The Bertz CT molecular complexity index is 314. The zero-order chi connectivity index (χ0) is 11.6. The normalized spacial score (nSPS) is 23.2. The summed E-state index contributed by atoms with van der Waals surface area (Å²) < 4.78 is 31.1. The van der Waals surface area contributed by atoms with Gasteiger partial charge in [-0.3, -0.25) is 0 Å². The van der Waals surface area contributed by atoms with E-state index >= 15 is 0 Å². The number of furan rings is 1. The molecule has 1 aliphatic carbocycles. The molecule has 0 radical (unpaired) electrons. The average Bonchev–Trinajstić information content (AvgIpc) is 2.75. The summed E-state index contributed by atoms with van der Waals surface area (Å²) in [5.41, 5.74) is 1.05. The third-order valence-electron chi connectivity index (χ3n) is 3.45. The van der Waals surface area contributed by atoms with Crippen LogP contribution in [-0.4, -0.2) is 13.0 Å². The number of nitrogens with one attached hydrogen (secondary N) is 1. The number of hydrogen-bond donors (Lipinski definition) is 1. The van der Waals surface area contributed by atoms with Gasteiger partial charge in [0.25, 0.3) is 0 Å². The maximum absolute atomic E-state index is 13.0. The van der Waals surface area contributed by atoms with Gasteiger partial charge in [-0.1, -0.05) is 0 Å². The van der Waals surface area contributed by atoms with Gasteiger partial charge in [0, 0.05) is 24.4 Å². The van der Waals surface area contributed by atoms with Crippen LogP contribution in [0.1, 0.15) is 37.3 Å². The average molecular weight is 229 g/mol. The highest BCUT2D eigenvalue weighted by Crippen LogP contribution is 2.41. The summed E-state index contributed by atoms with van der Waals surface area (Å²) in [6.45, 7) is 0. The first-order valence-corrected chi connectivity index (χ1v) is 5.69. The summed E-state index contributed by atoms with van der Waals surface area (Å²) in [6, 6.07) is 2.03. The molecular weight excluding hydrogens is 212 g/mol. The van der Waals surface area contributed by atoms with Crippen LogP contribution in [0.3, 0.4) is 0 Å². The molecule has 4 heteroatoms. The Labute approximate surface area is 94.0 Å². The van der Waals surface area contributed by atoms with Crippen LogP contribution in [0.4, 0.5) is 8.78 Å². The Kier molecular flexibility index (Phi) is 3.28. The van der Waals surface area contributed by atoms with E-state index in [1.807, 2.05) is 13.1 Å². The minimum Gasteiger partial charge on any atom is -0.472 e. The fraction of sp³-hybridized carbons (Fsp3) is 0.667. The van der Waals surface area contributed by atoms with Crippen LogP contribution >= 0.6 is 0 Å². The molecule has 1 atom stereocenters. The van der Waals surface area contributed by atoms with Crippen molar-refractivity contribution in [2.24, 2.45) is 5.92 Å². The van der Waals surface area contributed by atoms with E-state index in [0.717, 1.165) is 5.56 Å². The second-order valence-electron chi connectivity index (χ2n) is 4.52. The zero-order valence-corrected chi connectivity index (χ0v) is 9.38. The van der Waals surface area contributed by atoms with Gasteiger partial charge < -0.3 is 9.73 Å². The summed E-state index contributed by atoms with van der Waals surface area (Å²) >= 11 is 0. The van der Waals surface area contributed by atoms with E-state index in [9.17, 15) is 8.78 Å². The highest BCUT2D eigenvalue weighted by Gasteiger charge is 2.37. The van der Waals surface area contributed by atoms with Gasteiger partial charge in [-0.25, -0.2) is 8.78 Å². The van der Waals surface area contributed by atoms with E-state index in [0.29, 0.717) is 12.8 Å². The maximum atomic E-state index is 13.0. The molecule has 1 aliphatic rings. The standard InChI is InChI=1S/C12H17F2NO/c1-15-11(10-4-7-16-8-10)9-2-5-12(13,14)6-3-9/h4,7-9,11,15H,2-3,5-6H2,1H3. The molecule has 1 heterocycles. The van der Waals surface area contributed by atoms with Crippen LogP contribution in [0, 0.1) is 5.92 Å². The van der Waals surface area contributed by atoms with E-state index in [4.69, 9.17) is 4.42 Å². The number of alkyl halides is 2. The predicted octanol–water partition coefficient (Wildman–Crippen LogP) is 3.37. The molecule has 0 saturated heterocycles. The molecule has 16 heavy (non-hydrogen) atoms. The van der Waals surface area contributed by atoms with Gasteiger partial charge in [0.1, 0.15) is 0 Å². The fourth-order valence-corrected chi connectivity index (χ4v) is 2.52. The first-order chi connectivity index (χ1) is 7.62. The molecule has 0 spiro atoms. The monoisotopic (exact) mass is 229 g/mol. The van der Waals surface area contributed by atoms with Gasteiger partial charge in [0.2, 0.25) is 5.92 Å². The van der Waals surface area contributed by atoms with Crippen LogP contribution in [0.5, 0.6) is 0 Å². The summed E-state index contributed by atoms with van der Waals surface area (Å²) in [4.78, 5) is 0. The van der Waals surface area contributed by atoms with E-state index in [-0.39, 0.29) is 24.8 Å². The molecule has 0 aromatic carbocycles. The third-order valence-corrected chi connectivity index (χ3v) is 3.45. The minimum atomic E-state index is -2.45. The van der Waals surface area contributed by atoms with Gasteiger partial charge in [-0.2, -0.15) is 0 Å². The molecule has 1 N–H and O–H groups in total. The molecular formula is C12H17F2NO. The van der Waals surface area contributed by atoms with E-state index in [2.05, 4.69) is 5.32 Å².